The molecule has 2 unspecified atom stereocenters. The molecule has 0 aromatic heterocycles. The molecule has 72 valence electrons. The van der Waals surface area contributed by atoms with Gasteiger partial charge >= 0.3 is 6.09 Å². The topological polar surface area (TPSA) is 46.6 Å². The molecule has 2 aliphatic rings. The van der Waals surface area contributed by atoms with Crippen molar-refractivity contribution in [2.75, 3.05) is 7.11 Å². The van der Waals surface area contributed by atoms with Gasteiger partial charge in [0.05, 0.1) is 7.11 Å². The summed E-state index contributed by atoms with van der Waals surface area (Å²) in [5.41, 5.74) is 0. The first kappa shape index (κ1) is 8.53. The zero-order chi connectivity index (χ0) is 9.42. The van der Waals surface area contributed by atoms with Gasteiger partial charge in [0.2, 0.25) is 0 Å². The molecule has 2 fully saturated rings. The number of ketones is 1. The number of piperidine rings is 1. The Morgan fingerprint density at radius 2 is 1.92 bits per heavy atom. The van der Waals surface area contributed by atoms with E-state index in [-0.39, 0.29) is 24.0 Å². The summed E-state index contributed by atoms with van der Waals surface area (Å²) in [6.45, 7) is 0. The molecule has 2 atom stereocenters. The number of rotatable bonds is 0. The van der Waals surface area contributed by atoms with Crippen LogP contribution in [-0.2, 0) is 9.53 Å². The normalized spacial score (nSPS) is 32.1. The third-order valence-electron chi connectivity index (χ3n) is 2.93. The first-order valence-corrected chi connectivity index (χ1v) is 4.60. The van der Waals surface area contributed by atoms with E-state index in [1.54, 1.807) is 4.90 Å². The summed E-state index contributed by atoms with van der Waals surface area (Å²) in [4.78, 5) is 24.3. The number of carbonyl (C=O) groups is 2. The SMILES string of the molecule is COC(=O)N1C2CCC1CC(=O)C2. The van der Waals surface area contributed by atoms with Gasteiger partial charge in [0.1, 0.15) is 5.78 Å². The van der Waals surface area contributed by atoms with Crippen LogP contribution in [0.3, 0.4) is 0 Å². The third-order valence-corrected chi connectivity index (χ3v) is 2.93. The van der Waals surface area contributed by atoms with E-state index in [1.165, 1.54) is 7.11 Å². The number of ether oxygens (including phenoxy) is 1. The Labute approximate surface area is 76.8 Å². The van der Waals surface area contributed by atoms with Crippen LogP contribution >= 0.6 is 0 Å². The van der Waals surface area contributed by atoms with E-state index in [1.807, 2.05) is 0 Å². The molecule has 1 amide bonds. The lowest BCUT2D eigenvalue weighted by Gasteiger charge is -2.32. The number of amides is 1. The fourth-order valence-corrected chi connectivity index (χ4v) is 2.37. The molecule has 0 N–H and O–H groups in total. The Bertz CT molecular complexity index is 235. The highest BCUT2D eigenvalue weighted by Crippen LogP contribution is 2.34. The molecule has 2 heterocycles. The van der Waals surface area contributed by atoms with Crippen LogP contribution in [0.5, 0.6) is 0 Å². The summed E-state index contributed by atoms with van der Waals surface area (Å²) in [7, 11) is 1.39. The van der Waals surface area contributed by atoms with Crippen LogP contribution in [0.15, 0.2) is 0 Å². The minimum Gasteiger partial charge on any atom is -0.453 e. The van der Waals surface area contributed by atoms with Crippen LogP contribution < -0.4 is 0 Å². The van der Waals surface area contributed by atoms with Gasteiger partial charge in [-0.05, 0) is 12.8 Å². The van der Waals surface area contributed by atoms with Gasteiger partial charge in [-0.2, -0.15) is 0 Å². The number of carbonyl (C=O) groups excluding carboxylic acids is 2. The average molecular weight is 183 g/mol. The minimum absolute atomic E-state index is 0.110. The van der Waals surface area contributed by atoms with Crippen molar-refractivity contribution in [2.24, 2.45) is 0 Å². The Balaban J connectivity index is 2.14. The molecule has 2 rings (SSSR count). The Morgan fingerprint density at radius 3 is 2.38 bits per heavy atom. The third kappa shape index (κ3) is 1.30. The van der Waals surface area contributed by atoms with E-state index in [0.717, 1.165) is 12.8 Å². The molecule has 13 heavy (non-hydrogen) atoms. The first-order chi connectivity index (χ1) is 6.22. The smallest absolute Gasteiger partial charge is 0.410 e. The molecule has 2 bridgehead atoms. The monoisotopic (exact) mass is 183 g/mol. The standard InChI is InChI=1S/C9H13NO3/c1-13-9(12)10-6-2-3-7(10)5-8(11)4-6/h6-7H,2-5H2,1H3. The van der Waals surface area contributed by atoms with Gasteiger partial charge < -0.3 is 9.64 Å². The second kappa shape index (κ2) is 3.01. The highest BCUT2D eigenvalue weighted by Gasteiger charge is 2.43. The predicted octanol–water partition coefficient (Wildman–Crippen LogP) is 0.949. The van der Waals surface area contributed by atoms with Gasteiger partial charge in [0.15, 0.2) is 0 Å². The number of hydrogen-bond donors (Lipinski definition) is 0. The molecular weight excluding hydrogens is 170 g/mol. The second-order valence-electron chi connectivity index (χ2n) is 3.71. The van der Waals surface area contributed by atoms with Gasteiger partial charge in [-0.1, -0.05) is 0 Å². The van der Waals surface area contributed by atoms with E-state index in [9.17, 15) is 9.59 Å². The van der Waals surface area contributed by atoms with Gasteiger partial charge in [0, 0.05) is 24.9 Å². The van der Waals surface area contributed by atoms with Gasteiger partial charge in [0.25, 0.3) is 0 Å². The summed E-state index contributed by atoms with van der Waals surface area (Å²) in [6, 6.07) is 0.220. The predicted molar refractivity (Wildman–Crippen MR) is 45.3 cm³/mol. The number of Topliss-reactive ketones (excluding diaryl/α,β-unsaturated/α-hetero) is 1. The molecule has 0 aromatic rings. The minimum atomic E-state index is -0.278. The van der Waals surface area contributed by atoms with Crippen molar-refractivity contribution >= 4 is 11.9 Å². The molecule has 0 aliphatic carbocycles. The van der Waals surface area contributed by atoms with Crippen molar-refractivity contribution in [3.05, 3.63) is 0 Å². The zero-order valence-electron chi connectivity index (χ0n) is 7.66. The van der Waals surface area contributed by atoms with Gasteiger partial charge in [-0.15, -0.1) is 0 Å². The molecule has 4 nitrogen and oxygen atoms in total. The fourth-order valence-electron chi connectivity index (χ4n) is 2.37. The molecular formula is C9H13NO3. The quantitative estimate of drug-likeness (QED) is 0.561. The molecule has 0 aromatic carbocycles. The van der Waals surface area contributed by atoms with Crippen molar-refractivity contribution in [3.63, 3.8) is 0 Å². The van der Waals surface area contributed by atoms with Crippen LogP contribution in [0.4, 0.5) is 4.79 Å². The maximum absolute atomic E-state index is 11.3. The van der Waals surface area contributed by atoms with Gasteiger partial charge in [-0.25, -0.2) is 4.79 Å². The maximum Gasteiger partial charge on any atom is 0.410 e. The van der Waals surface area contributed by atoms with Crippen LogP contribution in [0.1, 0.15) is 25.7 Å². The highest BCUT2D eigenvalue weighted by molar-refractivity contribution is 5.83. The van der Waals surface area contributed by atoms with E-state index in [0.29, 0.717) is 12.8 Å². The van der Waals surface area contributed by atoms with Crippen molar-refractivity contribution in [1.29, 1.82) is 0 Å². The van der Waals surface area contributed by atoms with Crippen molar-refractivity contribution in [2.45, 2.75) is 37.8 Å². The Hall–Kier alpha value is -1.06. The summed E-state index contributed by atoms with van der Waals surface area (Å²) in [5, 5.41) is 0. The summed E-state index contributed by atoms with van der Waals surface area (Å²) >= 11 is 0. The van der Waals surface area contributed by atoms with Crippen molar-refractivity contribution in [1.82, 2.24) is 4.90 Å². The zero-order valence-corrected chi connectivity index (χ0v) is 7.66. The second-order valence-corrected chi connectivity index (χ2v) is 3.71. The number of hydrogen-bond acceptors (Lipinski definition) is 3. The highest BCUT2D eigenvalue weighted by atomic mass is 16.5. The van der Waals surface area contributed by atoms with Crippen LogP contribution in [0.2, 0.25) is 0 Å². The summed E-state index contributed by atoms with van der Waals surface area (Å²) < 4.78 is 4.68. The Kier molecular flexibility index (Phi) is 1.98. The molecule has 4 heteroatoms. The van der Waals surface area contributed by atoms with Crippen LogP contribution in [-0.4, -0.2) is 36.0 Å². The van der Waals surface area contributed by atoms with Gasteiger partial charge in [-0.3, -0.25) is 4.79 Å². The van der Waals surface area contributed by atoms with Crippen LogP contribution in [0, 0.1) is 0 Å². The van der Waals surface area contributed by atoms with Crippen LogP contribution in [0.25, 0.3) is 0 Å². The number of fused-ring (bicyclic) bond motifs is 2. The van der Waals surface area contributed by atoms with E-state index < -0.39 is 0 Å². The maximum atomic E-state index is 11.3. The largest absolute Gasteiger partial charge is 0.453 e. The number of methoxy groups -OCH3 is 1. The number of nitrogens with zero attached hydrogens (tertiary/aromatic N) is 1. The Morgan fingerprint density at radius 1 is 1.38 bits per heavy atom. The lowest BCUT2D eigenvalue weighted by molar-refractivity contribution is -0.122. The lowest BCUT2D eigenvalue weighted by atomic mass is 10.0. The average Bonchev–Trinajstić information content (AvgIpc) is 2.37. The molecule has 0 saturated carbocycles. The summed E-state index contributed by atoms with van der Waals surface area (Å²) in [6.07, 6.45) is 2.66. The van der Waals surface area contributed by atoms with E-state index in [2.05, 4.69) is 4.74 Å². The molecule has 2 saturated heterocycles. The molecule has 0 spiro atoms. The summed E-state index contributed by atoms with van der Waals surface area (Å²) in [5.74, 6) is 0.285. The van der Waals surface area contributed by atoms with E-state index >= 15 is 0 Å². The molecule has 2 aliphatic heterocycles. The van der Waals surface area contributed by atoms with Crippen molar-refractivity contribution in [3.8, 4) is 0 Å². The lowest BCUT2D eigenvalue weighted by Crippen LogP contribution is -2.46. The van der Waals surface area contributed by atoms with E-state index in [4.69, 9.17) is 0 Å². The molecule has 0 radical (unpaired) electrons. The fraction of sp³-hybridized carbons (Fsp3) is 0.778. The van der Waals surface area contributed by atoms with Crippen molar-refractivity contribution < 1.29 is 14.3 Å². The first-order valence-electron chi connectivity index (χ1n) is 4.60.